The number of alkyl halides is 6. The lowest BCUT2D eigenvalue weighted by Crippen LogP contribution is -2.56. The van der Waals surface area contributed by atoms with Crippen LogP contribution < -0.4 is 4.74 Å². The molecule has 2 atom stereocenters. The number of morpholine rings is 1. The number of benzene rings is 1. The largest absolute Gasteiger partial charge is 0.573 e. The van der Waals surface area contributed by atoms with Crippen LogP contribution in [0.3, 0.4) is 0 Å². The summed E-state index contributed by atoms with van der Waals surface area (Å²) in [5.74, 6) is -0.646. The summed E-state index contributed by atoms with van der Waals surface area (Å²) in [6.45, 7) is 1.46. The van der Waals surface area contributed by atoms with Gasteiger partial charge in [-0.15, -0.1) is 23.4 Å². The van der Waals surface area contributed by atoms with Crippen LogP contribution in [0.4, 0.5) is 26.3 Å². The molecular weight excluding hydrogens is 496 g/mol. The number of ether oxygens (including phenoxy) is 2. The van der Waals surface area contributed by atoms with E-state index in [1.54, 1.807) is 4.57 Å². The molecule has 4 heterocycles. The first-order chi connectivity index (χ1) is 16.9. The number of carbonyl (C=O) groups is 1. The van der Waals surface area contributed by atoms with Gasteiger partial charge >= 0.3 is 12.5 Å². The zero-order valence-electron chi connectivity index (χ0n) is 18.5. The third kappa shape index (κ3) is 4.25. The highest BCUT2D eigenvalue weighted by atomic mass is 19.4. The van der Waals surface area contributed by atoms with E-state index in [1.165, 1.54) is 24.0 Å². The molecule has 2 aromatic heterocycles. The molecule has 1 aromatic carbocycles. The number of hydrogen-bond donors (Lipinski definition) is 0. The summed E-state index contributed by atoms with van der Waals surface area (Å²) in [6, 6.07) is 4.20. The van der Waals surface area contributed by atoms with Gasteiger partial charge in [0, 0.05) is 24.4 Å². The van der Waals surface area contributed by atoms with Crippen molar-refractivity contribution in [1.82, 2.24) is 24.6 Å². The van der Waals surface area contributed by atoms with Crippen molar-refractivity contribution in [2.24, 2.45) is 0 Å². The minimum atomic E-state index is -4.89. The Kier molecular flexibility index (Phi) is 5.65. The van der Waals surface area contributed by atoms with Gasteiger partial charge in [-0.05, 0) is 30.7 Å². The quantitative estimate of drug-likeness (QED) is 0.490. The van der Waals surface area contributed by atoms with Gasteiger partial charge < -0.3 is 18.9 Å². The summed E-state index contributed by atoms with van der Waals surface area (Å²) in [7, 11) is 0. The molecule has 2 aliphatic heterocycles. The molecule has 8 nitrogen and oxygen atoms in total. The molecule has 0 aliphatic carbocycles. The third-order valence-electron chi connectivity index (χ3n) is 6.08. The second kappa shape index (κ2) is 8.47. The summed E-state index contributed by atoms with van der Waals surface area (Å²) < 4.78 is 89.3. The summed E-state index contributed by atoms with van der Waals surface area (Å²) in [5, 5.41) is 8.19. The number of rotatable bonds is 3. The van der Waals surface area contributed by atoms with E-state index in [-0.39, 0.29) is 48.2 Å². The number of aromatic nitrogens is 4. The van der Waals surface area contributed by atoms with Gasteiger partial charge in [-0.25, -0.2) is 0 Å². The van der Waals surface area contributed by atoms with Gasteiger partial charge in [0.1, 0.15) is 17.5 Å². The third-order valence-corrected chi connectivity index (χ3v) is 6.08. The molecule has 5 rings (SSSR count). The summed E-state index contributed by atoms with van der Waals surface area (Å²) in [6.07, 6.45) is -8.37. The number of pyridine rings is 1. The van der Waals surface area contributed by atoms with Crippen molar-refractivity contribution >= 4 is 5.91 Å². The molecular formula is C22H17F6N5O3. The van der Waals surface area contributed by atoms with E-state index in [2.05, 4.69) is 19.9 Å². The standard InChI is InChI=1S/C22H17F6N5O3/c1-11-14(3-2-4-15(11)21(23,24)25)20(34)33-12-8-32-18(30-31-19(32)17(33)10-35-9-12)16-7-13(5-6-29-16)36-22(26,27)28/h2-7,12,17H,8-10H2,1H3/t12-,17+/m0/s1. The SMILES string of the molecule is Cc1c(C(=O)N2[C@@H]3COC[C@@H]2c2nnc(-c4cc(OC(F)(F)F)ccn4)n2C3)cccc1C(F)(F)F. The fourth-order valence-electron chi connectivity index (χ4n) is 4.56. The van der Waals surface area contributed by atoms with Crippen LogP contribution in [-0.2, 0) is 17.5 Å². The van der Waals surface area contributed by atoms with E-state index in [0.717, 1.165) is 24.4 Å². The molecule has 190 valence electrons. The highest BCUT2D eigenvalue weighted by Crippen LogP contribution is 2.38. The average Bonchev–Trinajstić information content (AvgIpc) is 3.20. The molecule has 0 unspecified atom stereocenters. The number of halogens is 6. The Labute approximate surface area is 199 Å². The maximum Gasteiger partial charge on any atom is 0.573 e. The van der Waals surface area contributed by atoms with Gasteiger partial charge in [0.2, 0.25) is 0 Å². The summed E-state index contributed by atoms with van der Waals surface area (Å²) in [4.78, 5) is 19.0. The molecule has 14 heteroatoms. The fraction of sp³-hybridized carbons (Fsp3) is 0.364. The van der Waals surface area contributed by atoms with Crippen LogP contribution >= 0.6 is 0 Å². The van der Waals surface area contributed by atoms with Crippen LogP contribution in [0.1, 0.15) is 33.4 Å². The number of amides is 1. The molecule has 1 saturated heterocycles. The van der Waals surface area contributed by atoms with Gasteiger partial charge in [-0.1, -0.05) is 6.07 Å². The van der Waals surface area contributed by atoms with E-state index in [9.17, 15) is 31.1 Å². The zero-order valence-corrected chi connectivity index (χ0v) is 18.5. The molecule has 0 N–H and O–H groups in total. The predicted octanol–water partition coefficient (Wildman–Crippen LogP) is 4.16. The highest BCUT2D eigenvalue weighted by Gasteiger charge is 2.45. The van der Waals surface area contributed by atoms with E-state index < -0.39 is 41.8 Å². The Bertz CT molecular complexity index is 1320. The van der Waals surface area contributed by atoms with Crippen LogP contribution in [0.15, 0.2) is 36.5 Å². The molecule has 1 fully saturated rings. The van der Waals surface area contributed by atoms with E-state index in [4.69, 9.17) is 4.74 Å². The van der Waals surface area contributed by atoms with E-state index in [0.29, 0.717) is 0 Å². The number of carbonyl (C=O) groups excluding carboxylic acids is 1. The van der Waals surface area contributed by atoms with Crippen molar-refractivity contribution in [1.29, 1.82) is 0 Å². The van der Waals surface area contributed by atoms with Crippen LogP contribution in [0, 0.1) is 6.92 Å². The molecule has 0 saturated carbocycles. The lowest BCUT2D eigenvalue weighted by molar-refractivity contribution is -0.274. The first-order valence-electron chi connectivity index (χ1n) is 10.7. The highest BCUT2D eigenvalue weighted by molar-refractivity contribution is 5.96. The maximum absolute atomic E-state index is 13.5. The average molecular weight is 513 g/mol. The number of fused-ring (bicyclic) bond motifs is 4. The van der Waals surface area contributed by atoms with Crippen LogP contribution in [0.2, 0.25) is 0 Å². The molecule has 36 heavy (non-hydrogen) atoms. The number of hydrogen-bond acceptors (Lipinski definition) is 6. The Morgan fingerprint density at radius 3 is 2.61 bits per heavy atom. The van der Waals surface area contributed by atoms with Gasteiger partial charge in [0.05, 0.1) is 24.8 Å². The second-order valence-electron chi connectivity index (χ2n) is 8.31. The van der Waals surface area contributed by atoms with E-state index >= 15 is 0 Å². The molecule has 2 aliphatic rings. The Hall–Kier alpha value is -3.68. The van der Waals surface area contributed by atoms with Crippen molar-refractivity contribution in [2.45, 2.75) is 38.1 Å². The Morgan fingerprint density at radius 1 is 1.11 bits per heavy atom. The normalized spacial score (nSPS) is 19.7. The fourth-order valence-corrected chi connectivity index (χ4v) is 4.56. The van der Waals surface area contributed by atoms with Gasteiger partial charge in [-0.3, -0.25) is 9.78 Å². The van der Waals surface area contributed by atoms with Crippen molar-refractivity contribution in [3.05, 3.63) is 59.0 Å². The van der Waals surface area contributed by atoms with Crippen LogP contribution in [0.25, 0.3) is 11.5 Å². The van der Waals surface area contributed by atoms with Gasteiger partial charge in [-0.2, -0.15) is 13.2 Å². The van der Waals surface area contributed by atoms with Crippen LogP contribution in [0.5, 0.6) is 5.75 Å². The molecule has 0 spiro atoms. The van der Waals surface area contributed by atoms with Gasteiger partial charge in [0.15, 0.2) is 11.6 Å². The molecule has 0 radical (unpaired) electrons. The van der Waals surface area contributed by atoms with Crippen molar-refractivity contribution in [3.63, 3.8) is 0 Å². The predicted molar refractivity (Wildman–Crippen MR) is 110 cm³/mol. The van der Waals surface area contributed by atoms with Crippen LogP contribution in [-0.4, -0.2) is 56.2 Å². The van der Waals surface area contributed by atoms with Crippen molar-refractivity contribution < 1.29 is 40.6 Å². The van der Waals surface area contributed by atoms with Crippen molar-refractivity contribution in [2.75, 3.05) is 13.2 Å². The van der Waals surface area contributed by atoms with Gasteiger partial charge in [0.25, 0.3) is 5.91 Å². The smallest absolute Gasteiger partial charge is 0.406 e. The Balaban J connectivity index is 1.50. The summed E-state index contributed by atoms with van der Waals surface area (Å²) in [5.41, 5.74) is -1.10. The number of nitrogens with zero attached hydrogens (tertiary/aromatic N) is 5. The maximum atomic E-state index is 13.5. The lowest BCUT2D eigenvalue weighted by atomic mass is 9.97. The van der Waals surface area contributed by atoms with Crippen molar-refractivity contribution in [3.8, 4) is 17.3 Å². The second-order valence-corrected chi connectivity index (χ2v) is 8.31. The minimum absolute atomic E-state index is 0.0169. The molecule has 1 amide bonds. The lowest BCUT2D eigenvalue weighted by Gasteiger charge is -2.45. The molecule has 3 aromatic rings. The first kappa shape index (κ1) is 24.0. The molecule has 2 bridgehead atoms. The zero-order chi connectivity index (χ0) is 25.8. The monoisotopic (exact) mass is 513 g/mol. The Morgan fingerprint density at radius 2 is 1.89 bits per heavy atom. The van der Waals surface area contributed by atoms with E-state index in [1.807, 2.05) is 0 Å². The minimum Gasteiger partial charge on any atom is -0.406 e. The first-order valence-corrected chi connectivity index (χ1v) is 10.7. The topological polar surface area (TPSA) is 82.4 Å². The summed E-state index contributed by atoms with van der Waals surface area (Å²) >= 11 is 0.